The highest BCUT2D eigenvalue weighted by atomic mass is 14.9. The largest absolute Gasteiger partial charge is 0.355 e. The van der Waals surface area contributed by atoms with Gasteiger partial charge in [-0.15, -0.1) is 0 Å². The van der Waals surface area contributed by atoms with Crippen molar-refractivity contribution in [3.05, 3.63) is 156 Å². The highest BCUT2D eigenvalue weighted by Crippen LogP contribution is 2.53. The summed E-state index contributed by atoms with van der Waals surface area (Å²) in [6, 6.07) is 49.0. The molecule has 0 saturated heterocycles. The van der Waals surface area contributed by atoms with Crippen molar-refractivity contribution < 1.29 is 0 Å². The lowest BCUT2D eigenvalue weighted by Crippen LogP contribution is -2.16. The summed E-state index contributed by atoms with van der Waals surface area (Å²) in [5, 5.41) is 3.74. The van der Waals surface area contributed by atoms with Crippen LogP contribution in [0.1, 0.15) is 49.9 Å². The Labute approximate surface area is 254 Å². The summed E-state index contributed by atoms with van der Waals surface area (Å²) in [5.41, 5.74) is 18.2. The van der Waals surface area contributed by atoms with Gasteiger partial charge in [-0.3, -0.25) is 0 Å². The van der Waals surface area contributed by atoms with Gasteiger partial charge in [0.2, 0.25) is 0 Å². The lowest BCUT2D eigenvalue weighted by atomic mass is 9.79. The van der Waals surface area contributed by atoms with E-state index in [1.807, 2.05) is 0 Å². The molecule has 0 amide bonds. The topological polar surface area (TPSA) is 12.0 Å². The number of hydrogen-bond donors (Lipinski definition) is 1. The van der Waals surface area contributed by atoms with E-state index >= 15 is 0 Å². The maximum atomic E-state index is 3.74. The summed E-state index contributed by atoms with van der Waals surface area (Å²) in [4.78, 5) is 0. The van der Waals surface area contributed by atoms with Gasteiger partial charge >= 0.3 is 0 Å². The van der Waals surface area contributed by atoms with Crippen LogP contribution in [0.2, 0.25) is 0 Å². The molecule has 0 radical (unpaired) electrons. The van der Waals surface area contributed by atoms with Crippen molar-refractivity contribution in [1.82, 2.24) is 0 Å². The number of rotatable bonds is 4. The van der Waals surface area contributed by atoms with Crippen LogP contribution >= 0.6 is 0 Å². The zero-order valence-electron chi connectivity index (χ0n) is 25.2. The van der Waals surface area contributed by atoms with E-state index in [-0.39, 0.29) is 10.8 Å². The molecule has 2 aliphatic carbocycles. The molecule has 0 fully saturated rings. The second kappa shape index (κ2) is 9.31. The number of anilines is 2. The maximum absolute atomic E-state index is 3.74. The normalized spacial score (nSPS) is 14.9. The van der Waals surface area contributed by atoms with Crippen LogP contribution < -0.4 is 5.32 Å². The number of nitrogens with one attached hydrogen (secondary N) is 1. The van der Waals surface area contributed by atoms with Crippen LogP contribution in [0.3, 0.4) is 0 Å². The summed E-state index contributed by atoms with van der Waals surface area (Å²) in [5.74, 6) is 0. The van der Waals surface area contributed by atoms with E-state index in [1.54, 1.807) is 0 Å². The fourth-order valence-corrected chi connectivity index (χ4v) is 7.87. The quantitative estimate of drug-likeness (QED) is 0.229. The van der Waals surface area contributed by atoms with Crippen molar-refractivity contribution in [1.29, 1.82) is 0 Å². The zero-order valence-corrected chi connectivity index (χ0v) is 25.2. The molecule has 0 unspecified atom stereocenters. The summed E-state index contributed by atoms with van der Waals surface area (Å²) in [6.45, 7) is 9.42. The van der Waals surface area contributed by atoms with Crippen LogP contribution in [0.5, 0.6) is 0 Å². The standard InChI is InChI=1S/C42H35N/c1-41(2)37-23-7-5-17-33(37)35-21-11-19-31(39(35)41)27-13-9-15-29(25-27)43-30-16-10-14-28(26-30)32-20-12-22-36-34-18-6-8-24-38(34)42(3,4)40(32)36/h5-26,43H,1-4H3. The van der Waals surface area contributed by atoms with Crippen LogP contribution in [0.15, 0.2) is 133 Å². The Hall–Kier alpha value is -4.88. The van der Waals surface area contributed by atoms with Gasteiger partial charge in [-0.05, 0) is 91.0 Å². The van der Waals surface area contributed by atoms with Crippen molar-refractivity contribution in [2.24, 2.45) is 0 Å². The average Bonchev–Trinajstić information content (AvgIpc) is 3.42. The molecule has 0 saturated carbocycles. The summed E-state index contributed by atoms with van der Waals surface area (Å²) in [6.07, 6.45) is 0. The van der Waals surface area contributed by atoms with E-state index < -0.39 is 0 Å². The van der Waals surface area contributed by atoms with Crippen LogP contribution in [-0.4, -0.2) is 0 Å². The molecule has 6 aromatic rings. The lowest BCUT2D eigenvalue weighted by Gasteiger charge is -2.25. The predicted molar refractivity (Wildman–Crippen MR) is 182 cm³/mol. The average molecular weight is 554 g/mol. The molecule has 0 heterocycles. The van der Waals surface area contributed by atoms with Crippen LogP contribution in [-0.2, 0) is 10.8 Å². The molecule has 1 N–H and O–H groups in total. The van der Waals surface area contributed by atoms with Crippen molar-refractivity contribution in [2.75, 3.05) is 5.32 Å². The minimum Gasteiger partial charge on any atom is -0.355 e. The second-order valence-corrected chi connectivity index (χ2v) is 13.1. The molecule has 43 heavy (non-hydrogen) atoms. The highest BCUT2D eigenvalue weighted by Gasteiger charge is 2.38. The van der Waals surface area contributed by atoms with Gasteiger partial charge in [-0.1, -0.05) is 137 Å². The van der Waals surface area contributed by atoms with Crippen molar-refractivity contribution >= 4 is 11.4 Å². The molecule has 2 aliphatic rings. The molecule has 0 aliphatic heterocycles. The van der Waals surface area contributed by atoms with E-state index in [0.29, 0.717) is 0 Å². The van der Waals surface area contributed by atoms with E-state index in [9.17, 15) is 0 Å². The fourth-order valence-electron chi connectivity index (χ4n) is 7.87. The minimum absolute atomic E-state index is 0.0519. The van der Waals surface area contributed by atoms with E-state index in [4.69, 9.17) is 0 Å². The lowest BCUT2D eigenvalue weighted by molar-refractivity contribution is 0.662. The van der Waals surface area contributed by atoms with Crippen molar-refractivity contribution in [3.8, 4) is 44.5 Å². The first kappa shape index (κ1) is 25.8. The first-order valence-electron chi connectivity index (χ1n) is 15.3. The molecule has 1 heteroatoms. The molecule has 0 spiro atoms. The molecular weight excluding hydrogens is 518 g/mol. The number of benzene rings is 6. The summed E-state index contributed by atoms with van der Waals surface area (Å²) >= 11 is 0. The van der Waals surface area contributed by atoms with Gasteiger partial charge in [-0.25, -0.2) is 0 Å². The molecule has 1 nitrogen and oxygen atoms in total. The first-order valence-corrected chi connectivity index (χ1v) is 15.3. The highest BCUT2D eigenvalue weighted by molar-refractivity contribution is 5.90. The number of hydrogen-bond acceptors (Lipinski definition) is 1. The third kappa shape index (κ3) is 3.85. The summed E-state index contributed by atoms with van der Waals surface area (Å²) in [7, 11) is 0. The molecule has 0 bridgehead atoms. The minimum atomic E-state index is -0.0519. The van der Waals surface area contributed by atoms with Gasteiger partial charge in [0.15, 0.2) is 0 Å². The van der Waals surface area contributed by atoms with Gasteiger partial charge in [0, 0.05) is 22.2 Å². The van der Waals surface area contributed by atoms with Crippen LogP contribution in [0.25, 0.3) is 44.5 Å². The molecule has 208 valence electrons. The van der Waals surface area contributed by atoms with E-state index in [1.165, 1.54) is 66.8 Å². The molecule has 0 aromatic heterocycles. The van der Waals surface area contributed by atoms with E-state index in [2.05, 4.69) is 166 Å². The Balaban J connectivity index is 1.16. The van der Waals surface area contributed by atoms with Gasteiger partial charge in [0.1, 0.15) is 0 Å². The monoisotopic (exact) mass is 553 g/mol. The Bertz CT molecular complexity index is 1910. The maximum Gasteiger partial charge on any atom is 0.0390 e. The fraction of sp³-hybridized carbons (Fsp3) is 0.143. The van der Waals surface area contributed by atoms with Crippen LogP contribution in [0.4, 0.5) is 11.4 Å². The summed E-state index contributed by atoms with van der Waals surface area (Å²) < 4.78 is 0. The Morgan fingerprint density at radius 3 is 1.21 bits per heavy atom. The first-order chi connectivity index (χ1) is 20.8. The molecule has 6 aromatic carbocycles. The van der Waals surface area contributed by atoms with Crippen LogP contribution in [0, 0.1) is 0 Å². The Kier molecular flexibility index (Phi) is 5.59. The molecule has 8 rings (SSSR count). The molecule has 0 atom stereocenters. The van der Waals surface area contributed by atoms with Crippen molar-refractivity contribution in [2.45, 2.75) is 38.5 Å². The number of fused-ring (bicyclic) bond motifs is 6. The predicted octanol–water partition coefficient (Wildman–Crippen LogP) is 11.4. The van der Waals surface area contributed by atoms with Gasteiger partial charge in [-0.2, -0.15) is 0 Å². The molecular formula is C42H35N. The zero-order chi connectivity index (χ0) is 29.3. The van der Waals surface area contributed by atoms with E-state index in [0.717, 1.165) is 11.4 Å². The third-order valence-corrected chi connectivity index (χ3v) is 9.80. The van der Waals surface area contributed by atoms with Gasteiger partial charge < -0.3 is 5.32 Å². The smallest absolute Gasteiger partial charge is 0.0390 e. The van der Waals surface area contributed by atoms with Gasteiger partial charge in [0.25, 0.3) is 0 Å². The van der Waals surface area contributed by atoms with Crippen molar-refractivity contribution in [3.63, 3.8) is 0 Å². The second-order valence-electron chi connectivity index (χ2n) is 13.1. The Morgan fingerprint density at radius 2 is 0.744 bits per heavy atom. The SMILES string of the molecule is CC1(C)c2ccccc2-c2cccc(-c3cccc(Nc4cccc(-c5cccc6c5C(C)(C)c5ccccc5-6)c4)c3)c21. The Morgan fingerprint density at radius 1 is 0.372 bits per heavy atom. The van der Waals surface area contributed by atoms with Gasteiger partial charge in [0.05, 0.1) is 0 Å². The third-order valence-electron chi connectivity index (χ3n) is 9.80.